The molecule has 62 heavy (non-hydrogen) atoms. The molecule has 8 aromatic carbocycles. The molecular weight excluding hydrogens is 773 g/mol. The maximum Gasteiger partial charge on any atom is 0.266 e. The van der Waals surface area contributed by atoms with E-state index in [9.17, 15) is 9.59 Å². The molecular formula is C54H44N2O6. The minimum Gasteiger partial charge on any atom is -0.486 e. The Morgan fingerprint density at radius 2 is 0.742 bits per heavy atom. The third kappa shape index (κ3) is 6.74. The fraction of sp³-hybridized carbons (Fsp3) is 0.148. The second kappa shape index (κ2) is 16.5. The zero-order valence-corrected chi connectivity index (χ0v) is 34.1. The van der Waals surface area contributed by atoms with Crippen LogP contribution in [0.3, 0.4) is 0 Å². The first-order valence-corrected chi connectivity index (χ1v) is 20.9. The Bertz CT molecular complexity index is 2720. The number of hydrogen-bond acceptors (Lipinski definition) is 6. The molecule has 0 unspecified atom stereocenters. The van der Waals surface area contributed by atoms with Gasteiger partial charge in [-0.15, -0.1) is 0 Å². The Morgan fingerprint density at radius 1 is 0.435 bits per heavy atom. The highest BCUT2D eigenvalue weighted by atomic mass is 16.5. The maximum absolute atomic E-state index is 14.7. The van der Waals surface area contributed by atoms with Gasteiger partial charge in [0.15, 0.2) is 23.0 Å². The molecule has 2 fully saturated rings. The van der Waals surface area contributed by atoms with Crippen molar-refractivity contribution in [2.24, 2.45) is 0 Å². The topological polar surface area (TPSA) is 77.5 Å². The lowest BCUT2D eigenvalue weighted by molar-refractivity contribution is -0.172. The van der Waals surface area contributed by atoms with Crippen LogP contribution < -0.4 is 18.9 Å². The third-order valence-electron chi connectivity index (χ3n) is 12.0. The van der Waals surface area contributed by atoms with Crippen molar-refractivity contribution in [2.75, 3.05) is 26.3 Å². The molecule has 8 nitrogen and oxygen atoms in total. The molecule has 8 aromatic rings. The van der Waals surface area contributed by atoms with E-state index in [-0.39, 0.29) is 38.1 Å². The fourth-order valence-electron chi connectivity index (χ4n) is 9.23. The van der Waals surface area contributed by atoms with Gasteiger partial charge in [0.25, 0.3) is 11.8 Å². The van der Waals surface area contributed by atoms with Crippen LogP contribution in [0, 0.1) is 0 Å². The first-order valence-electron chi connectivity index (χ1n) is 20.9. The number of likely N-dealkylation sites (tertiary alicyclic amines) is 2. The van der Waals surface area contributed by atoms with Crippen LogP contribution in [0.5, 0.6) is 23.0 Å². The van der Waals surface area contributed by atoms with Gasteiger partial charge in [0.1, 0.15) is 25.3 Å². The largest absolute Gasteiger partial charge is 0.486 e. The van der Waals surface area contributed by atoms with Crippen molar-refractivity contribution < 1.29 is 28.5 Å². The number of carbonyl (C=O) groups excluding carboxylic acids is 2. The van der Waals surface area contributed by atoms with E-state index in [0.717, 1.165) is 54.2 Å². The molecule has 2 aliphatic rings. The second-order valence-corrected chi connectivity index (χ2v) is 15.6. The Morgan fingerprint density at radius 3 is 1.08 bits per heavy atom. The molecule has 0 spiro atoms. The fourth-order valence-corrected chi connectivity index (χ4v) is 9.23. The standard InChI is InChI=1S/C54H44N2O6/c1-3-31-59-43-25-13-15-27-45(43)61-51-49(47-39-21-9-5-17-35(39)33-36-18-6-10-22-40(36)47)55(53(51)57)29-30-56-50(52(54(56)58)62-46-28-16-14-26-44(46)60-32-4-2)48-41-23-11-7-19-37(41)34-38-20-8-12-24-42(38)48/h3-28,33-34,49-52H,1-2,29-32H2/t49-,50+,51+,52-. The van der Waals surface area contributed by atoms with Gasteiger partial charge in [-0.25, -0.2) is 0 Å². The van der Waals surface area contributed by atoms with Crippen LogP contribution in [-0.2, 0) is 9.59 Å². The van der Waals surface area contributed by atoms with Gasteiger partial charge in [-0.3, -0.25) is 9.59 Å². The van der Waals surface area contributed by atoms with E-state index in [4.69, 9.17) is 18.9 Å². The highest BCUT2D eigenvalue weighted by Crippen LogP contribution is 2.48. The number of para-hydroxylation sites is 4. The molecule has 4 atom stereocenters. The Balaban J connectivity index is 1.05. The molecule has 0 aliphatic carbocycles. The lowest BCUT2D eigenvalue weighted by Gasteiger charge is -2.51. The van der Waals surface area contributed by atoms with Crippen molar-refractivity contribution in [3.8, 4) is 23.0 Å². The van der Waals surface area contributed by atoms with Crippen molar-refractivity contribution >= 4 is 54.9 Å². The average Bonchev–Trinajstić information content (AvgIpc) is 3.31. The summed E-state index contributed by atoms with van der Waals surface area (Å²) in [5.74, 6) is 1.65. The first-order chi connectivity index (χ1) is 30.5. The van der Waals surface area contributed by atoms with Crippen LogP contribution in [-0.4, -0.2) is 60.1 Å². The van der Waals surface area contributed by atoms with Crippen molar-refractivity contribution in [3.63, 3.8) is 0 Å². The summed E-state index contributed by atoms with van der Waals surface area (Å²) >= 11 is 0. The summed E-state index contributed by atoms with van der Waals surface area (Å²) in [4.78, 5) is 33.1. The summed E-state index contributed by atoms with van der Waals surface area (Å²) in [6.45, 7) is 8.69. The predicted octanol–water partition coefficient (Wildman–Crippen LogP) is 10.8. The Hall–Kier alpha value is -7.58. The molecule has 0 aromatic heterocycles. The number of ether oxygens (including phenoxy) is 4. The number of benzene rings is 8. The molecule has 306 valence electrons. The van der Waals surface area contributed by atoms with Crippen LogP contribution in [0.2, 0.25) is 0 Å². The minimum absolute atomic E-state index is 0.174. The molecule has 2 saturated heterocycles. The summed E-state index contributed by atoms with van der Waals surface area (Å²) < 4.78 is 25.3. The van der Waals surface area contributed by atoms with Gasteiger partial charge in [-0.05, 0) is 90.6 Å². The normalized spacial score (nSPS) is 18.4. The second-order valence-electron chi connectivity index (χ2n) is 15.6. The Kier molecular flexibility index (Phi) is 10.3. The van der Waals surface area contributed by atoms with E-state index in [2.05, 4.69) is 73.8 Å². The molecule has 0 bridgehead atoms. The summed E-state index contributed by atoms with van der Waals surface area (Å²) in [5, 5.41) is 8.38. The van der Waals surface area contributed by atoms with Gasteiger partial charge >= 0.3 is 0 Å². The van der Waals surface area contributed by atoms with Crippen LogP contribution in [0.4, 0.5) is 0 Å². The number of β-lactam (4-membered cyclic amide) rings is 2. The van der Waals surface area contributed by atoms with Gasteiger partial charge in [0, 0.05) is 13.1 Å². The van der Waals surface area contributed by atoms with Crippen molar-refractivity contribution in [1.29, 1.82) is 0 Å². The number of amides is 2. The van der Waals surface area contributed by atoms with Crippen molar-refractivity contribution in [1.82, 2.24) is 9.80 Å². The molecule has 2 aliphatic heterocycles. The molecule has 0 radical (unpaired) electrons. The summed E-state index contributed by atoms with van der Waals surface area (Å²) in [6, 6.07) is 51.2. The van der Waals surface area contributed by atoms with E-state index in [1.807, 2.05) is 107 Å². The molecule has 2 heterocycles. The predicted molar refractivity (Wildman–Crippen MR) is 245 cm³/mol. The van der Waals surface area contributed by atoms with Crippen molar-refractivity contribution in [3.05, 3.63) is 194 Å². The van der Waals surface area contributed by atoms with E-state index in [0.29, 0.717) is 23.0 Å². The summed E-state index contributed by atoms with van der Waals surface area (Å²) in [7, 11) is 0. The number of nitrogens with zero attached hydrogens (tertiary/aromatic N) is 2. The van der Waals surface area contributed by atoms with Gasteiger partial charge < -0.3 is 28.7 Å². The number of fused-ring (bicyclic) bond motifs is 4. The van der Waals surface area contributed by atoms with E-state index < -0.39 is 24.3 Å². The molecule has 0 saturated carbocycles. The van der Waals surface area contributed by atoms with E-state index in [1.54, 1.807) is 12.2 Å². The zero-order valence-electron chi connectivity index (χ0n) is 34.1. The summed E-state index contributed by atoms with van der Waals surface area (Å²) in [6.07, 6.45) is 1.64. The first kappa shape index (κ1) is 38.6. The van der Waals surface area contributed by atoms with Gasteiger partial charge in [0.2, 0.25) is 12.2 Å². The molecule has 8 heteroatoms. The van der Waals surface area contributed by atoms with Crippen LogP contribution >= 0.6 is 0 Å². The van der Waals surface area contributed by atoms with Crippen LogP contribution in [0.1, 0.15) is 23.2 Å². The monoisotopic (exact) mass is 816 g/mol. The highest BCUT2D eigenvalue weighted by molar-refractivity contribution is 6.06. The van der Waals surface area contributed by atoms with Gasteiger partial charge in [-0.1, -0.05) is 147 Å². The minimum atomic E-state index is -0.856. The smallest absolute Gasteiger partial charge is 0.266 e. The lowest BCUT2D eigenvalue weighted by Crippen LogP contribution is -2.66. The molecule has 2 amide bonds. The summed E-state index contributed by atoms with van der Waals surface area (Å²) in [5.41, 5.74) is 1.99. The quantitative estimate of drug-likeness (QED) is 0.0583. The zero-order chi connectivity index (χ0) is 42.2. The van der Waals surface area contributed by atoms with Gasteiger partial charge in [0.05, 0.1) is 0 Å². The van der Waals surface area contributed by atoms with Crippen LogP contribution in [0.25, 0.3) is 43.1 Å². The van der Waals surface area contributed by atoms with E-state index >= 15 is 0 Å². The number of carbonyl (C=O) groups is 2. The molecule has 10 rings (SSSR count). The lowest BCUT2D eigenvalue weighted by atomic mass is 9.83. The number of hydrogen-bond donors (Lipinski definition) is 0. The average molecular weight is 817 g/mol. The van der Waals surface area contributed by atoms with Gasteiger partial charge in [-0.2, -0.15) is 0 Å². The number of rotatable bonds is 15. The highest BCUT2D eigenvalue weighted by Gasteiger charge is 2.55. The van der Waals surface area contributed by atoms with Crippen LogP contribution in [0.15, 0.2) is 183 Å². The third-order valence-corrected chi connectivity index (χ3v) is 12.0. The maximum atomic E-state index is 14.7. The SMILES string of the molecule is C=CCOc1ccccc1O[C@@H]1C(=O)N(CCN2C(=O)[C@H](Oc3ccccc3OCC=C)[C@@H]2c2c3ccccc3cc3ccccc23)[C@@H]1c1c2ccccc2cc2ccccc12. The van der Waals surface area contributed by atoms with E-state index in [1.165, 1.54) is 0 Å². The Labute approximate surface area is 359 Å². The van der Waals surface area contributed by atoms with Crippen molar-refractivity contribution in [2.45, 2.75) is 24.3 Å². The molecule has 0 N–H and O–H groups in total.